The molecule has 1 aliphatic rings. The lowest BCUT2D eigenvalue weighted by Crippen LogP contribution is -2.22. The van der Waals surface area contributed by atoms with Gasteiger partial charge in [0.1, 0.15) is 0 Å². The summed E-state index contributed by atoms with van der Waals surface area (Å²) in [4.78, 5) is 11.2. The van der Waals surface area contributed by atoms with Gasteiger partial charge < -0.3 is 10.5 Å². The number of carbonyl (C=O) groups excluding carboxylic acids is 1. The first-order valence-electron chi connectivity index (χ1n) is 7.47. The minimum atomic E-state index is -0.352. The van der Waals surface area contributed by atoms with Crippen LogP contribution in [0, 0.1) is 0 Å². The summed E-state index contributed by atoms with van der Waals surface area (Å²) in [6.45, 7) is 5.82. The summed E-state index contributed by atoms with van der Waals surface area (Å²) in [7, 11) is 0. The molecule has 1 aromatic heterocycles. The number of nitrogens with two attached hydrogens (primary N) is 1. The Morgan fingerprint density at radius 3 is 2.60 bits per heavy atom. The van der Waals surface area contributed by atoms with Crippen molar-refractivity contribution >= 4 is 5.91 Å². The van der Waals surface area contributed by atoms with Gasteiger partial charge in [-0.1, -0.05) is 19.1 Å². The molecule has 1 aliphatic heterocycles. The van der Waals surface area contributed by atoms with Gasteiger partial charge in [0.2, 0.25) is 5.91 Å². The van der Waals surface area contributed by atoms with E-state index in [9.17, 15) is 4.79 Å². The highest BCUT2D eigenvalue weighted by Gasteiger charge is 2.27. The lowest BCUT2D eigenvalue weighted by Gasteiger charge is -2.25. The molecule has 0 aliphatic carbocycles. The summed E-state index contributed by atoms with van der Waals surface area (Å²) in [5.41, 5.74) is 7.18. The van der Waals surface area contributed by atoms with Crippen LogP contribution >= 0.6 is 0 Å². The maximum atomic E-state index is 11.2. The molecule has 0 unspecified atom stereocenters. The third-order valence-corrected chi connectivity index (χ3v) is 4.04. The van der Waals surface area contributed by atoms with Crippen LogP contribution < -0.4 is 5.73 Å². The van der Waals surface area contributed by atoms with Crippen molar-refractivity contribution in [2.24, 2.45) is 5.73 Å². The molecule has 1 aromatic rings. The summed E-state index contributed by atoms with van der Waals surface area (Å²) in [6.07, 6.45) is 4.10. The molecular weight excluding hydrogens is 256 g/mol. The van der Waals surface area contributed by atoms with Crippen LogP contribution in [-0.4, -0.2) is 34.1 Å². The molecule has 0 bridgehead atoms. The summed E-state index contributed by atoms with van der Waals surface area (Å²) in [6, 6.07) is 0.335. The van der Waals surface area contributed by atoms with Gasteiger partial charge in [0.25, 0.3) is 0 Å². The van der Waals surface area contributed by atoms with Gasteiger partial charge in [0, 0.05) is 19.1 Å². The zero-order chi connectivity index (χ0) is 14.5. The van der Waals surface area contributed by atoms with E-state index in [1.54, 1.807) is 0 Å². The average molecular weight is 280 g/mol. The van der Waals surface area contributed by atoms with Gasteiger partial charge >= 0.3 is 0 Å². The fourth-order valence-corrected chi connectivity index (χ4v) is 2.92. The first kappa shape index (κ1) is 15.0. The molecule has 0 spiro atoms. The highest BCUT2D eigenvalue weighted by molar-refractivity contribution is 5.76. The van der Waals surface area contributed by atoms with E-state index in [-0.39, 0.29) is 12.3 Å². The van der Waals surface area contributed by atoms with Crippen LogP contribution in [0.2, 0.25) is 0 Å². The Hall–Kier alpha value is -1.43. The minimum absolute atomic E-state index is 0.173. The van der Waals surface area contributed by atoms with E-state index in [1.807, 2.05) is 4.68 Å². The molecular formula is C14H24N4O2. The van der Waals surface area contributed by atoms with E-state index >= 15 is 0 Å². The second-order valence-electron chi connectivity index (χ2n) is 5.37. The smallest absolute Gasteiger partial charge is 0.223 e. The molecule has 0 atom stereocenters. The van der Waals surface area contributed by atoms with Gasteiger partial charge in [-0.05, 0) is 25.7 Å². The molecule has 0 aromatic carbocycles. The number of hydrogen-bond donors (Lipinski definition) is 1. The SMILES string of the molecule is CCC(CC)n1nnc(CC(N)=O)c1C1CCOCC1. The second kappa shape index (κ2) is 6.83. The van der Waals surface area contributed by atoms with Gasteiger partial charge in [-0.2, -0.15) is 0 Å². The van der Waals surface area contributed by atoms with Gasteiger partial charge in [0.05, 0.1) is 23.9 Å². The lowest BCUT2D eigenvalue weighted by molar-refractivity contribution is -0.117. The van der Waals surface area contributed by atoms with Crippen LogP contribution in [0.3, 0.4) is 0 Å². The number of amides is 1. The predicted molar refractivity (Wildman–Crippen MR) is 75.3 cm³/mol. The number of carbonyl (C=O) groups is 1. The molecule has 0 radical (unpaired) electrons. The zero-order valence-corrected chi connectivity index (χ0v) is 12.3. The van der Waals surface area contributed by atoms with E-state index in [1.165, 1.54) is 0 Å². The van der Waals surface area contributed by atoms with Crippen LogP contribution in [0.5, 0.6) is 0 Å². The fourth-order valence-electron chi connectivity index (χ4n) is 2.92. The predicted octanol–water partition coefficient (Wildman–Crippen LogP) is 1.56. The largest absolute Gasteiger partial charge is 0.381 e. The third-order valence-electron chi connectivity index (χ3n) is 4.04. The maximum absolute atomic E-state index is 11.2. The number of nitrogens with zero attached hydrogens (tertiary/aromatic N) is 3. The molecule has 6 heteroatoms. The van der Waals surface area contributed by atoms with Gasteiger partial charge in [-0.25, -0.2) is 4.68 Å². The van der Waals surface area contributed by atoms with Crippen molar-refractivity contribution in [3.05, 3.63) is 11.4 Å². The summed E-state index contributed by atoms with van der Waals surface area (Å²) in [5.74, 6) is 0.0172. The Balaban J connectivity index is 2.35. The van der Waals surface area contributed by atoms with Crippen molar-refractivity contribution < 1.29 is 9.53 Å². The van der Waals surface area contributed by atoms with E-state index < -0.39 is 0 Å². The normalized spacial score (nSPS) is 16.8. The molecule has 2 N–H and O–H groups in total. The van der Waals surface area contributed by atoms with Crippen molar-refractivity contribution in [2.45, 2.75) is 57.9 Å². The molecule has 6 nitrogen and oxygen atoms in total. The Bertz CT molecular complexity index is 448. The van der Waals surface area contributed by atoms with Gasteiger partial charge in [0.15, 0.2) is 0 Å². The van der Waals surface area contributed by atoms with E-state index in [0.717, 1.165) is 50.3 Å². The molecule has 1 amide bonds. The molecule has 112 valence electrons. The van der Waals surface area contributed by atoms with E-state index in [0.29, 0.717) is 12.0 Å². The highest BCUT2D eigenvalue weighted by atomic mass is 16.5. The molecule has 20 heavy (non-hydrogen) atoms. The lowest BCUT2D eigenvalue weighted by atomic mass is 9.93. The van der Waals surface area contributed by atoms with E-state index in [2.05, 4.69) is 24.2 Å². The molecule has 2 rings (SSSR count). The third kappa shape index (κ3) is 3.17. The summed E-state index contributed by atoms with van der Waals surface area (Å²) >= 11 is 0. The number of rotatable bonds is 6. The number of primary amides is 1. The average Bonchev–Trinajstić information content (AvgIpc) is 2.84. The van der Waals surface area contributed by atoms with Crippen LogP contribution in [0.15, 0.2) is 0 Å². The highest BCUT2D eigenvalue weighted by Crippen LogP contribution is 2.31. The Morgan fingerprint density at radius 1 is 1.40 bits per heavy atom. The first-order valence-corrected chi connectivity index (χ1v) is 7.47. The Labute approximate surface area is 119 Å². The van der Waals surface area contributed by atoms with Crippen LogP contribution in [0.1, 0.15) is 62.9 Å². The maximum Gasteiger partial charge on any atom is 0.223 e. The van der Waals surface area contributed by atoms with E-state index in [4.69, 9.17) is 10.5 Å². The zero-order valence-electron chi connectivity index (χ0n) is 12.3. The van der Waals surface area contributed by atoms with Crippen molar-refractivity contribution in [3.8, 4) is 0 Å². The summed E-state index contributed by atoms with van der Waals surface area (Å²) in [5, 5.41) is 8.52. The first-order chi connectivity index (χ1) is 9.67. The van der Waals surface area contributed by atoms with Crippen molar-refractivity contribution in [3.63, 3.8) is 0 Å². The van der Waals surface area contributed by atoms with Gasteiger partial charge in [-0.15, -0.1) is 5.10 Å². The molecule has 1 saturated heterocycles. The monoisotopic (exact) mass is 280 g/mol. The summed E-state index contributed by atoms with van der Waals surface area (Å²) < 4.78 is 7.45. The van der Waals surface area contributed by atoms with Crippen LogP contribution in [0.25, 0.3) is 0 Å². The van der Waals surface area contributed by atoms with Crippen molar-refractivity contribution in [1.82, 2.24) is 15.0 Å². The Morgan fingerprint density at radius 2 is 2.05 bits per heavy atom. The Kier molecular flexibility index (Phi) is 5.11. The van der Waals surface area contributed by atoms with Crippen LogP contribution in [-0.2, 0) is 16.0 Å². The van der Waals surface area contributed by atoms with Gasteiger partial charge in [-0.3, -0.25) is 4.79 Å². The van der Waals surface area contributed by atoms with Crippen molar-refractivity contribution in [2.75, 3.05) is 13.2 Å². The second-order valence-corrected chi connectivity index (χ2v) is 5.37. The number of aromatic nitrogens is 3. The minimum Gasteiger partial charge on any atom is -0.381 e. The number of hydrogen-bond acceptors (Lipinski definition) is 4. The molecule has 2 heterocycles. The van der Waals surface area contributed by atoms with Crippen molar-refractivity contribution in [1.29, 1.82) is 0 Å². The van der Waals surface area contributed by atoms with Crippen LogP contribution in [0.4, 0.5) is 0 Å². The fraction of sp³-hybridized carbons (Fsp3) is 0.786. The molecule has 1 fully saturated rings. The molecule has 0 saturated carbocycles. The standard InChI is InChI=1S/C14H24N4O2/c1-3-11(4-2)18-14(10-5-7-20-8-6-10)12(16-17-18)9-13(15)19/h10-11H,3-9H2,1-2H3,(H2,15,19). The topological polar surface area (TPSA) is 83.0 Å². The quantitative estimate of drug-likeness (QED) is 0.857. The number of ether oxygens (including phenoxy) is 1.